The van der Waals surface area contributed by atoms with Gasteiger partial charge in [-0.15, -0.1) is 0 Å². The highest BCUT2D eigenvalue weighted by Crippen LogP contribution is 2.15. The van der Waals surface area contributed by atoms with E-state index in [1.807, 2.05) is 0 Å². The molecule has 0 amide bonds. The van der Waals surface area contributed by atoms with E-state index in [0.717, 1.165) is 11.8 Å². The van der Waals surface area contributed by atoms with Crippen LogP contribution < -0.4 is 5.73 Å². The zero-order valence-electron chi connectivity index (χ0n) is 9.29. The van der Waals surface area contributed by atoms with E-state index in [1.165, 1.54) is 12.4 Å². The first-order valence-corrected chi connectivity index (χ1v) is 5.25. The number of halogens is 1. The van der Waals surface area contributed by atoms with E-state index >= 15 is 0 Å². The Morgan fingerprint density at radius 2 is 2.11 bits per heavy atom. The van der Waals surface area contributed by atoms with Crippen molar-refractivity contribution in [1.82, 2.24) is 24.5 Å². The van der Waals surface area contributed by atoms with E-state index in [4.69, 9.17) is 5.73 Å². The fourth-order valence-corrected chi connectivity index (χ4v) is 1.75. The summed E-state index contributed by atoms with van der Waals surface area (Å²) in [5.41, 5.74) is 7.58. The van der Waals surface area contributed by atoms with Gasteiger partial charge in [0.25, 0.3) is 0 Å². The Morgan fingerprint density at radius 3 is 2.94 bits per heavy atom. The smallest absolute Gasteiger partial charge is 0.165 e. The molecule has 6 nitrogen and oxygen atoms in total. The third-order valence-corrected chi connectivity index (χ3v) is 2.54. The molecule has 0 aliphatic carbocycles. The quantitative estimate of drug-likeness (QED) is 0.726. The molecular formula is C11H9FN6. The lowest BCUT2D eigenvalue weighted by Gasteiger charge is -2.03. The van der Waals surface area contributed by atoms with Crippen LogP contribution in [0.1, 0.15) is 5.56 Å². The van der Waals surface area contributed by atoms with Crippen LogP contribution in [0, 0.1) is 5.82 Å². The molecular weight excluding hydrogens is 235 g/mol. The summed E-state index contributed by atoms with van der Waals surface area (Å²) >= 11 is 0. The first-order chi connectivity index (χ1) is 8.74. The van der Waals surface area contributed by atoms with Gasteiger partial charge in [0.2, 0.25) is 0 Å². The number of nitrogens with two attached hydrogens (primary N) is 1. The molecule has 0 saturated carbocycles. The van der Waals surface area contributed by atoms with E-state index in [0.29, 0.717) is 23.5 Å². The van der Waals surface area contributed by atoms with Crippen LogP contribution in [0.15, 0.2) is 31.1 Å². The summed E-state index contributed by atoms with van der Waals surface area (Å²) in [5, 5.41) is 0. The van der Waals surface area contributed by atoms with Crippen LogP contribution in [0.2, 0.25) is 0 Å². The van der Waals surface area contributed by atoms with Crippen molar-refractivity contribution in [3.63, 3.8) is 0 Å². The summed E-state index contributed by atoms with van der Waals surface area (Å²) in [7, 11) is 0. The Morgan fingerprint density at radius 1 is 1.22 bits per heavy atom. The lowest BCUT2D eigenvalue weighted by Crippen LogP contribution is -2.01. The van der Waals surface area contributed by atoms with Crippen molar-refractivity contribution in [3.8, 4) is 0 Å². The largest absolute Gasteiger partial charge is 0.382 e. The van der Waals surface area contributed by atoms with Gasteiger partial charge in [0.05, 0.1) is 19.1 Å². The van der Waals surface area contributed by atoms with Gasteiger partial charge in [-0.1, -0.05) is 0 Å². The Hall–Kier alpha value is -2.57. The van der Waals surface area contributed by atoms with Gasteiger partial charge in [0, 0.05) is 6.20 Å². The topological polar surface area (TPSA) is 82.5 Å². The highest BCUT2D eigenvalue weighted by molar-refractivity contribution is 5.81. The van der Waals surface area contributed by atoms with E-state index < -0.39 is 0 Å². The molecule has 3 aromatic heterocycles. The van der Waals surface area contributed by atoms with E-state index in [-0.39, 0.29) is 5.82 Å². The van der Waals surface area contributed by atoms with Crippen LogP contribution in [0.25, 0.3) is 11.2 Å². The Balaban J connectivity index is 2.03. The van der Waals surface area contributed by atoms with E-state index in [9.17, 15) is 4.39 Å². The average Bonchev–Trinajstić information content (AvgIpc) is 2.74. The standard InChI is InChI=1S/C11H9FN6/c12-8-1-7(2-14-3-8)4-18-6-17-9-10(13)15-5-16-11(9)18/h1-3,5-6H,4H2,(H2,13,15,16). The molecule has 0 saturated heterocycles. The molecule has 0 spiro atoms. The third-order valence-electron chi connectivity index (χ3n) is 2.54. The summed E-state index contributed by atoms with van der Waals surface area (Å²) in [4.78, 5) is 15.9. The molecule has 0 aliphatic rings. The summed E-state index contributed by atoms with van der Waals surface area (Å²) in [6, 6.07) is 1.42. The summed E-state index contributed by atoms with van der Waals surface area (Å²) in [6.45, 7) is 0.428. The number of hydrogen-bond acceptors (Lipinski definition) is 5. The third kappa shape index (κ3) is 1.75. The predicted molar refractivity (Wildman–Crippen MR) is 63.0 cm³/mol. The number of aromatic nitrogens is 5. The normalized spacial score (nSPS) is 10.9. The molecule has 0 unspecified atom stereocenters. The zero-order valence-corrected chi connectivity index (χ0v) is 9.29. The minimum Gasteiger partial charge on any atom is -0.382 e. The Bertz CT molecular complexity index is 708. The van der Waals surface area contributed by atoms with Crippen molar-refractivity contribution < 1.29 is 4.39 Å². The maximum Gasteiger partial charge on any atom is 0.165 e. The van der Waals surface area contributed by atoms with Gasteiger partial charge in [-0.3, -0.25) is 4.98 Å². The van der Waals surface area contributed by atoms with Gasteiger partial charge >= 0.3 is 0 Å². The van der Waals surface area contributed by atoms with Crippen LogP contribution in [0.5, 0.6) is 0 Å². The van der Waals surface area contributed by atoms with Gasteiger partial charge in [-0.25, -0.2) is 19.3 Å². The first kappa shape index (κ1) is 10.6. The molecule has 3 heterocycles. The van der Waals surface area contributed by atoms with Gasteiger partial charge in [0.1, 0.15) is 17.7 Å². The zero-order chi connectivity index (χ0) is 12.5. The molecule has 0 bridgehead atoms. The fourth-order valence-electron chi connectivity index (χ4n) is 1.75. The number of nitrogens with zero attached hydrogens (tertiary/aromatic N) is 5. The molecule has 90 valence electrons. The molecule has 0 atom stereocenters. The van der Waals surface area contributed by atoms with Gasteiger partial charge in [0.15, 0.2) is 11.5 Å². The number of fused-ring (bicyclic) bond motifs is 1. The van der Waals surface area contributed by atoms with E-state index in [1.54, 1.807) is 17.1 Å². The number of hydrogen-bond donors (Lipinski definition) is 1. The number of rotatable bonds is 2. The molecule has 2 N–H and O–H groups in total. The van der Waals surface area contributed by atoms with Crippen molar-refractivity contribution in [1.29, 1.82) is 0 Å². The highest BCUT2D eigenvalue weighted by atomic mass is 19.1. The van der Waals surface area contributed by atoms with Crippen LogP contribution in [0.3, 0.4) is 0 Å². The van der Waals surface area contributed by atoms with Crippen LogP contribution in [-0.4, -0.2) is 24.5 Å². The fraction of sp³-hybridized carbons (Fsp3) is 0.0909. The lowest BCUT2D eigenvalue weighted by molar-refractivity contribution is 0.616. The molecule has 0 radical (unpaired) electrons. The second kappa shape index (κ2) is 4.02. The number of anilines is 1. The van der Waals surface area contributed by atoms with Crippen molar-refractivity contribution in [3.05, 3.63) is 42.5 Å². The maximum atomic E-state index is 13.0. The molecule has 18 heavy (non-hydrogen) atoms. The minimum absolute atomic E-state index is 0.330. The SMILES string of the molecule is Nc1ncnc2c1ncn2Cc1cncc(F)c1. The van der Waals surface area contributed by atoms with Crippen molar-refractivity contribution in [2.75, 3.05) is 5.73 Å². The lowest BCUT2D eigenvalue weighted by atomic mass is 10.3. The number of pyridine rings is 1. The highest BCUT2D eigenvalue weighted by Gasteiger charge is 2.08. The average molecular weight is 244 g/mol. The summed E-state index contributed by atoms with van der Waals surface area (Å²) in [6.07, 6.45) is 5.73. The van der Waals surface area contributed by atoms with Gasteiger partial charge < -0.3 is 10.3 Å². The maximum absolute atomic E-state index is 13.0. The Kier molecular flexibility index (Phi) is 2.36. The molecule has 7 heteroatoms. The van der Waals surface area contributed by atoms with Crippen LogP contribution in [0.4, 0.5) is 10.2 Å². The minimum atomic E-state index is -0.369. The monoisotopic (exact) mass is 244 g/mol. The van der Waals surface area contributed by atoms with E-state index in [2.05, 4.69) is 19.9 Å². The van der Waals surface area contributed by atoms with Crippen molar-refractivity contribution in [2.24, 2.45) is 0 Å². The predicted octanol–water partition coefficient (Wildman–Crippen LogP) is 0.991. The number of imidazole rings is 1. The molecule has 3 aromatic rings. The second-order valence-electron chi connectivity index (χ2n) is 3.82. The van der Waals surface area contributed by atoms with Crippen molar-refractivity contribution >= 4 is 17.0 Å². The first-order valence-electron chi connectivity index (χ1n) is 5.25. The number of nitrogen functional groups attached to an aromatic ring is 1. The molecule has 0 aliphatic heterocycles. The summed E-state index contributed by atoms with van der Waals surface area (Å²) < 4.78 is 14.8. The van der Waals surface area contributed by atoms with Crippen LogP contribution in [-0.2, 0) is 6.54 Å². The molecule has 3 rings (SSSR count). The summed E-state index contributed by atoms with van der Waals surface area (Å²) in [5.74, 6) is -0.0397. The van der Waals surface area contributed by atoms with Crippen LogP contribution >= 0.6 is 0 Å². The Labute approximate surface area is 101 Å². The second-order valence-corrected chi connectivity index (χ2v) is 3.82. The van der Waals surface area contributed by atoms with Gasteiger partial charge in [-0.2, -0.15) is 0 Å². The van der Waals surface area contributed by atoms with Gasteiger partial charge in [-0.05, 0) is 11.6 Å². The molecule has 0 fully saturated rings. The van der Waals surface area contributed by atoms with Crippen molar-refractivity contribution in [2.45, 2.75) is 6.54 Å². The molecule has 0 aromatic carbocycles.